The van der Waals surface area contributed by atoms with Crippen molar-refractivity contribution in [1.29, 1.82) is 0 Å². The predicted molar refractivity (Wildman–Crippen MR) is 132 cm³/mol. The molecule has 0 aromatic rings. The van der Waals surface area contributed by atoms with Crippen molar-refractivity contribution < 1.29 is 13.6 Å². The molecule has 0 fully saturated rings. The van der Waals surface area contributed by atoms with E-state index < -0.39 is 6.72 Å². The summed E-state index contributed by atoms with van der Waals surface area (Å²) in [6.45, 7) is 10.4. The molecule has 0 heterocycles. The van der Waals surface area contributed by atoms with Gasteiger partial charge in [0.2, 0.25) is 0 Å². The molecule has 5 heteroatoms. The fourth-order valence-corrected chi connectivity index (χ4v) is 6.58. The summed E-state index contributed by atoms with van der Waals surface area (Å²) in [6.07, 6.45) is 18.3. The Hall–Kier alpha value is 0.530. The van der Waals surface area contributed by atoms with Crippen LogP contribution in [0.3, 0.4) is 0 Å². The smallest absolute Gasteiger partial charge is 0.306 e. The second-order valence-electron chi connectivity index (χ2n) is 8.74. The summed E-state index contributed by atoms with van der Waals surface area (Å²) in [5, 5.41) is 0. The lowest BCUT2D eigenvalue weighted by molar-refractivity contribution is 0.0676. The zero-order valence-electron chi connectivity index (χ0n) is 20.4. The first kappa shape index (κ1) is 29.5. The van der Waals surface area contributed by atoms with Crippen LogP contribution >= 0.6 is 6.72 Å². The molecular weight excluding hydrogens is 399 g/mol. The van der Waals surface area contributed by atoms with Gasteiger partial charge in [0.1, 0.15) is 0 Å². The summed E-state index contributed by atoms with van der Waals surface area (Å²) in [4.78, 5) is 0. The van der Waals surface area contributed by atoms with Crippen molar-refractivity contribution in [2.45, 2.75) is 156 Å². The van der Waals surface area contributed by atoms with E-state index in [1.165, 1.54) is 77.0 Å². The van der Waals surface area contributed by atoms with Crippen molar-refractivity contribution >= 4 is 18.5 Å². The lowest BCUT2D eigenvalue weighted by atomic mass is 10.1. The molecule has 0 aromatic carbocycles. The Bertz CT molecular complexity index is 349. The third kappa shape index (κ3) is 17.9. The Morgan fingerprint density at radius 2 is 0.793 bits per heavy atom. The van der Waals surface area contributed by atoms with E-state index in [2.05, 4.69) is 41.5 Å². The van der Waals surface area contributed by atoms with Gasteiger partial charge in [-0.2, -0.15) is 0 Å². The van der Waals surface area contributed by atoms with Crippen LogP contribution in [0.5, 0.6) is 0 Å². The molecule has 0 spiro atoms. The number of unbranched alkanes of at least 4 members (excludes halogenated alkanes) is 9. The molecule has 0 saturated heterocycles. The van der Waals surface area contributed by atoms with Crippen LogP contribution in [0.25, 0.3) is 0 Å². The van der Waals surface area contributed by atoms with Crippen LogP contribution in [-0.4, -0.2) is 18.3 Å². The fourth-order valence-electron chi connectivity index (χ4n) is 3.47. The Morgan fingerprint density at radius 3 is 1.03 bits per heavy atom. The van der Waals surface area contributed by atoms with Gasteiger partial charge in [-0.3, -0.25) is 0 Å². The third-order valence-electron chi connectivity index (χ3n) is 5.32. The monoisotopic (exact) mass is 450 g/mol. The molecule has 29 heavy (non-hydrogen) atoms. The van der Waals surface area contributed by atoms with Crippen molar-refractivity contribution in [3.05, 3.63) is 0 Å². The molecule has 3 atom stereocenters. The molecule has 0 aliphatic rings. The van der Waals surface area contributed by atoms with Crippen molar-refractivity contribution in [3.63, 3.8) is 0 Å². The summed E-state index contributed by atoms with van der Waals surface area (Å²) >= 11 is 5.88. The molecule has 0 bridgehead atoms. The van der Waals surface area contributed by atoms with E-state index in [4.69, 9.17) is 25.4 Å². The molecule has 3 unspecified atom stereocenters. The Kier molecular flexibility index (Phi) is 19.6. The fraction of sp³-hybridized carbons (Fsp3) is 1.00. The molecule has 0 N–H and O–H groups in total. The molecule has 0 saturated carbocycles. The van der Waals surface area contributed by atoms with Gasteiger partial charge in [-0.15, -0.1) is 0 Å². The number of hydrogen-bond donors (Lipinski definition) is 0. The largest absolute Gasteiger partial charge is 0.327 e. The van der Waals surface area contributed by atoms with Crippen molar-refractivity contribution in [2.75, 3.05) is 0 Å². The van der Waals surface area contributed by atoms with Gasteiger partial charge >= 0.3 is 6.72 Å². The summed E-state index contributed by atoms with van der Waals surface area (Å²) in [5.74, 6) is 0. The van der Waals surface area contributed by atoms with Crippen LogP contribution in [0.1, 0.15) is 138 Å². The summed E-state index contributed by atoms with van der Waals surface area (Å²) < 4.78 is 18.9. The van der Waals surface area contributed by atoms with E-state index in [0.29, 0.717) is 0 Å². The molecule has 0 radical (unpaired) electrons. The standard InChI is InChI=1S/C24H51O3PS/c1-7-10-13-16-19-22(4)25-28(29,26-23(5)20-17-14-11-8-2)27-24(6)21-18-15-12-9-3/h22-24H,7-21H2,1-6H3. The van der Waals surface area contributed by atoms with Crippen molar-refractivity contribution in [1.82, 2.24) is 0 Å². The minimum Gasteiger partial charge on any atom is -0.306 e. The van der Waals surface area contributed by atoms with Crippen LogP contribution in [0.2, 0.25) is 0 Å². The van der Waals surface area contributed by atoms with E-state index in [0.717, 1.165) is 19.3 Å². The van der Waals surface area contributed by atoms with E-state index in [9.17, 15) is 0 Å². The molecule has 0 rings (SSSR count). The lowest BCUT2D eigenvalue weighted by Gasteiger charge is -2.30. The first-order valence-electron chi connectivity index (χ1n) is 12.5. The summed E-state index contributed by atoms with van der Waals surface area (Å²) in [7, 11) is 0. The second kappa shape index (κ2) is 19.2. The highest BCUT2D eigenvalue weighted by molar-refractivity contribution is 8.07. The van der Waals surface area contributed by atoms with Crippen LogP contribution in [0, 0.1) is 0 Å². The molecular formula is C24H51O3PS. The quantitative estimate of drug-likeness (QED) is 0.129. The molecule has 0 amide bonds. The highest BCUT2D eigenvalue weighted by Crippen LogP contribution is 2.54. The SMILES string of the molecule is CCCCCCC(C)OP(=S)(OC(C)CCCCCC)OC(C)CCCCCC. The maximum Gasteiger partial charge on any atom is 0.327 e. The Balaban J connectivity index is 4.67. The highest BCUT2D eigenvalue weighted by atomic mass is 32.5. The average Bonchev–Trinajstić information content (AvgIpc) is 2.65. The first-order valence-corrected chi connectivity index (χ1v) is 15.1. The van der Waals surface area contributed by atoms with Gasteiger partial charge < -0.3 is 13.6 Å². The molecule has 3 nitrogen and oxygen atoms in total. The summed E-state index contributed by atoms with van der Waals surface area (Å²) in [5.41, 5.74) is 0. The Labute approximate surface area is 188 Å². The highest BCUT2D eigenvalue weighted by Gasteiger charge is 2.28. The number of hydrogen-bond acceptors (Lipinski definition) is 4. The minimum atomic E-state index is -2.72. The van der Waals surface area contributed by atoms with E-state index in [-0.39, 0.29) is 18.3 Å². The maximum atomic E-state index is 6.30. The topological polar surface area (TPSA) is 27.7 Å². The summed E-state index contributed by atoms with van der Waals surface area (Å²) in [6, 6.07) is 0. The molecule has 0 aromatic heterocycles. The minimum absolute atomic E-state index is 0.0947. The lowest BCUT2D eigenvalue weighted by Crippen LogP contribution is -2.17. The van der Waals surface area contributed by atoms with E-state index in [1.807, 2.05) is 0 Å². The molecule has 0 aliphatic carbocycles. The van der Waals surface area contributed by atoms with Gasteiger partial charge in [-0.25, -0.2) is 0 Å². The third-order valence-corrected chi connectivity index (χ3v) is 7.95. The van der Waals surface area contributed by atoms with Crippen LogP contribution in [-0.2, 0) is 25.4 Å². The molecule has 0 aliphatic heterocycles. The zero-order valence-corrected chi connectivity index (χ0v) is 22.1. The first-order chi connectivity index (χ1) is 13.9. The van der Waals surface area contributed by atoms with Crippen molar-refractivity contribution in [2.24, 2.45) is 0 Å². The maximum absolute atomic E-state index is 6.30. The predicted octanol–water partition coefficient (Wildman–Crippen LogP) is 9.34. The van der Waals surface area contributed by atoms with Gasteiger partial charge in [-0.05, 0) is 51.8 Å². The number of rotatable bonds is 21. The van der Waals surface area contributed by atoms with E-state index >= 15 is 0 Å². The van der Waals surface area contributed by atoms with Gasteiger partial charge in [-0.1, -0.05) is 97.8 Å². The van der Waals surface area contributed by atoms with Gasteiger partial charge in [0, 0.05) is 0 Å². The van der Waals surface area contributed by atoms with Crippen LogP contribution in [0.4, 0.5) is 0 Å². The van der Waals surface area contributed by atoms with Crippen molar-refractivity contribution in [3.8, 4) is 0 Å². The van der Waals surface area contributed by atoms with Crippen LogP contribution < -0.4 is 0 Å². The van der Waals surface area contributed by atoms with Gasteiger partial charge in [0.05, 0.1) is 18.3 Å². The average molecular weight is 451 g/mol. The normalized spacial score (nSPS) is 17.0. The molecule has 176 valence electrons. The van der Waals surface area contributed by atoms with Gasteiger partial charge in [0.25, 0.3) is 0 Å². The van der Waals surface area contributed by atoms with Gasteiger partial charge in [0.15, 0.2) is 0 Å². The second-order valence-corrected chi connectivity index (χ2v) is 11.6. The van der Waals surface area contributed by atoms with E-state index in [1.54, 1.807) is 0 Å². The Morgan fingerprint density at radius 1 is 0.517 bits per heavy atom. The van der Waals surface area contributed by atoms with Crippen LogP contribution in [0.15, 0.2) is 0 Å². The zero-order chi connectivity index (χ0) is 22.0.